The van der Waals surface area contributed by atoms with Gasteiger partial charge >= 0.3 is 5.91 Å². The first-order valence-electron chi connectivity index (χ1n) is 6.66. The highest BCUT2D eigenvalue weighted by molar-refractivity contribution is 6.52. The Kier molecular flexibility index (Phi) is 3.06. The van der Waals surface area contributed by atoms with Crippen molar-refractivity contribution in [2.45, 2.75) is 19.3 Å². The van der Waals surface area contributed by atoms with Crippen LogP contribution in [0.2, 0.25) is 0 Å². The van der Waals surface area contributed by atoms with Crippen molar-refractivity contribution in [1.82, 2.24) is 0 Å². The molecule has 19 heavy (non-hydrogen) atoms. The average Bonchev–Trinajstić information content (AvgIpc) is 2.65. The van der Waals surface area contributed by atoms with Crippen LogP contribution in [0.3, 0.4) is 0 Å². The highest BCUT2D eigenvalue weighted by atomic mass is 19.1. The van der Waals surface area contributed by atoms with E-state index in [1.54, 1.807) is 0 Å². The number of ketones is 1. The van der Waals surface area contributed by atoms with E-state index in [0.717, 1.165) is 25.9 Å². The van der Waals surface area contributed by atoms with Crippen LogP contribution >= 0.6 is 0 Å². The summed E-state index contributed by atoms with van der Waals surface area (Å²) < 4.78 is 13.3. The lowest BCUT2D eigenvalue weighted by Crippen LogP contribution is -3.14. The SMILES string of the molecule is O=C1C(=O)N(C[NH+]2CCCCC2)c2cc(F)ccc21. The third-order valence-electron chi connectivity index (χ3n) is 3.88. The van der Waals surface area contributed by atoms with E-state index < -0.39 is 17.5 Å². The van der Waals surface area contributed by atoms with Crippen molar-refractivity contribution in [1.29, 1.82) is 0 Å². The highest BCUT2D eigenvalue weighted by Gasteiger charge is 2.38. The summed E-state index contributed by atoms with van der Waals surface area (Å²) in [5, 5.41) is 0. The molecule has 0 atom stereocenters. The molecule has 2 aliphatic heterocycles. The van der Waals surface area contributed by atoms with Crippen molar-refractivity contribution in [3.05, 3.63) is 29.6 Å². The number of fused-ring (bicyclic) bond motifs is 1. The molecular formula is C14H16FN2O2+. The zero-order chi connectivity index (χ0) is 13.4. The molecule has 4 nitrogen and oxygen atoms in total. The number of quaternary nitrogens is 1. The Labute approximate surface area is 110 Å². The molecule has 0 aliphatic carbocycles. The molecule has 0 bridgehead atoms. The van der Waals surface area contributed by atoms with E-state index in [2.05, 4.69) is 0 Å². The second kappa shape index (κ2) is 4.74. The summed E-state index contributed by atoms with van der Waals surface area (Å²) in [4.78, 5) is 26.5. The van der Waals surface area contributed by atoms with Crippen molar-refractivity contribution >= 4 is 17.4 Å². The number of rotatable bonds is 2. The maximum absolute atomic E-state index is 13.3. The van der Waals surface area contributed by atoms with E-state index in [0.29, 0.717) is 17.9 Å². The molecule has 0 spiro atoms. The first-order valence-corrected chi connectivity index (χ1v) is 6.66. The zero-order valence-electron chi connectivity index (χ0n) is 10.6. The number of nitrogens with one attached hydrogen (secondary N) is 1. The molecule has 2 heterocycles. The normalized spacial score (nSPS) is 19.9. The van der Waals surface area contributed by atoms with Crippen LogP contribution in [0.1, 0.15) is 29.6 Å². The predicted octanol–water partition coefficient (Wildman–Crippen LogP) is 0.381. The molecule has 100 valence electrons. The van der Waals surface area contributed by atoms with Gasteiger partial charge in [0, 0.05) is 0 Å². The largest absolute Gasteiger partial charge is 0.317 e. The Balaban J connectivity index is 1.87. The number of carbonyl (C=O) groups is 2. The monoisotopic (exact) mass is 263 g/mol. The van der Waals surface area contributed by atoms with Gasteiger partial charge in [-0.05, 0) is 37.5 Å². The second-order valence-electron chi connectivity index (χ2n) is 5.19. The maximum Gasteiger partial charge on any atom is 0.303 e. The molecule has 1 fully saturated rings. The number of carbonyl (C=O) groups excluding carboxylic acids is 2. The van der Waals surface area contributed by atoms with E-state index in [1.165, 1.54) is 34.4 Å². The molecule has 3 rings (SSSR count). The van der Waals surface area contributed by atoms with Crippen LogP contribution in [0.4, 0.5) is 10.1 Å². The first kappa shape index (κ1) is 12.3. The van der Waals surface area contributed by atoms with E-state index >= 15 is 0 Å². The minimum atomic E-state index is -0.529. The summed E-state index contributed by atoms with van der Waals surface area (Å²) in [5.74, 6) is -1.47. The Morgan fingerprint density at radius 3 is 2.63 bits per heavy atom. The average molecular weight is 263 g/mol. The Morgan fingerprint density at radius 1 is 1.16 bits per heavy atom. The third-order valence-corrected chi connectivity index (χ3v) is 3.88. The summed E-state index contributed by atoms with van der Waals surface area (Å²) in [6.45, 7) is 2.46. The van der Waals surface area contributed by atoms with E-state index in [-0.39, 0.29) is 0 Å². The number of Topliss-reactive ketones (excluding diaryl/α,β-unsaturated/α-hetero) is 1. The van der Waals surface area contributed by atoms with Crippen molar-refractivity contribution in [3.63, 3.8) is 0 Å². The molecule has 0 unspecified atom stereocenters. The smallest absolute Gasteiger partial charge is 0.303 e. The molecule has 1 aromatic rings. The van der Waals surface area contributed by atoms with E-state index in [1.807, 2.05) is 0 Å². The zero-order valence-corrected chi connectivity index (χ0v) is 10.6. The van der Waals surface area contributed by atoms with Crippen LogP contribution < -0.4 is 9.80 Å². The Morgan fingerprint density at radius 2 is 1.89 bits per heavy atom. The van der Waals surface area contributed by atoms with Crippen molar-refractivity contribution in [2.75, 3.05) is 24.7 Å². The van der Waals surface area contributed by atoms with Crippen LogP contribution in [0, 0.1) is 5.82 Å². The molecule has 0 aromatic heterocycles. The summed E-state index contributed by atoms with van der Waals surface area (Å²) in [6, 6.07) is 3.90. The topological polar surface area (TPSA) is 41.8 Å². The molecule has 1 aromatic carbocycles. The molecular weight excluding hydrogens is 247 g/mol. The standard InChI is InChI=1S/C14H15FN2O2/c15-10-4-5-11-12(8-10)17(14(19)13(11)18)9-16-6-2-1-3-7-16/h4-5,8H,1-3,6-7,9H2/p+1. The fourth-order valence-corrected chi connectivity index (χ4v) is 2.86. The molecule has 1 amide bonds. The molecule has 1 saturated heterocycles. The van der Waals surface area contributed by atoms with Gasteiger partial charge in [-0.2, -0.15) is 0 Å². The fraction of sp³-hybridized carbons (Fsp3) is 0.429. The molecule has 2 aliphatic rings. The first-order chi connectivity index (χ1) is 9.16. The van der Waals surface area contributed by atoms with Gasteiger partial charge in [-0.15, -0.1) is 0 Å². The minimum absolute atomic E-state index is 0.322. The van der Waals surface area contributed by atoms with Gasteiger partial charge in [-0.3, -0.25) is 14.5 Å². The molecule has 0 radical (unpaired) electrons. The molecule has 5 heteroatoms. The Hall–Kier alpha value is -1.75. The predicted molar refractivity (Wildman–Crippen MR) is 67.6 cm³/mol. The van der Waals surface area contributed by atoms with Crippen molar-refractivity contribution in [2.24, 2.45) is 0 Å². The number of piperidine rings is 1. The lowest BCUT2D eigenvalue weighted by Gasteiger charge is -2.27. The lowest BCUT2D eigenvalue weighted by atomic mass is 10.1. The summed E-state index contributed by atoms with van der Waals surface area (Å²) in [6.07, 6.45) is 3.50. The van der Waals surface area contributed by atoms with Gasteiger partial charge in [-0.1, -0.05) is 0 Å². The number of likely N-dealkylation sites (tertiary alicyclic amines) is 1. The number of nitrogens with zero attached hydrogens (tertiary/aromatic N) is 1. The van der Waals surface area contributed by atoms with Gasteiger partial charge in [0.15, 0.2) is 6.67 Å². The highest BCUT2D eigenvalue weighted by Crippen LogP contribution is 2.28. The van der Waals surface area contributed by atoms with E-state index in [4.69, 9.17) is 0 Å². The summed E-state index contributed by atoms with van der Waals surface area (Å²) in [7, 11) is 0. The fourth-order valence-electron chi connectivity index (χ4n) is 2.86. The van der Waals surface area contributed by atoms with Gasteiger partial charge in [0.1, 0.15) is 5.82 Å². The number of benzene rings is 1. The maximum atomic E-state index is 13.3. The van der Waals surface area contributed by atoms with Gasteiger partial charge < -0.3 is 4.90 Å². The van der Waals surface area contributed by atoms with Gasteiger partial charge in [-0.25, -0.2) is 4.39 Å². The summed E-state index contributed by atoms with van der Waals surface area (Å²) in [5.41, 5.74) is 0.746. The minimum Gasteiger partial charge on any atom is -0.317 e. The number of hydrogen-bond donors (Lipinski definition) is 1. The lowest BCUT2D eigenvalue weighted by molar-refractivity contribution is -0.903. The van der Waals surface area contributed by atoms with E-state index in [9.17, 15) is 14.0 Å². The van der Waals surface area contributed by atoms with Crippen LogP contribution in [-0.2, 0) is 4.79 Å². The van der Waals surface area contributed by atoms with Crippen LogP contribution in [0.25, 0.3) is 0 Å². The van der Waals surface area contributed by atoms with Crippen LogP contribution in [0.5, 0.6) is 0 Å². The van der Waals surface area contributed by atoms with Crippen molar-refractivity contribution < 1.29 is 18.9 Å². The summed E-state index contributed by atoms with van der Waals surface area (Å²) >= 11 is 0. The molecule has 1 N–H and O–H groups in total. The Bertz CT molecular complexity index is 538. The van der Waals surface area contributed by atoms with Crippen LogP contribution in [-0.4, -0.2) is 31.4 Å². The van der Waals surface area contributed by atoms with Gasteiger partial charge in [0.25, 0.3) is 5.78 Å². The quantitative estimate of drug-likeness (QED) is 0.784. The molecule has 0 saturated carbocycles. The van der Waals surface area contributed by atoms with Crippen molar-refractivity contribution in [3.8, 4) is 0 Å². The number of hydrogen-bond acceptors (Lipinski definition) is 2. The number of amides is 1. The number of halogens is 1. The third kappa shape index (κ3) is 2.14. The number of anilines is 1. The van der Waals surface area contributed by atoms with Gasteiger partial charge in [0.05, 0.1) is 24.3 Å². The van der Waals surface area contributed by atoms with Crippen LogP contribution in [0.15, 0.2) is 18.2 Å². The van der Waals surface area contributed by atoms with Gasteiger partial charge in [0.2, 0.25) is 0 Å². The second-order valence-corrected chi connectivity index (χ2v) is 5.19.